The van der Waals surface area contributed by atoms with E-state index in [1.54, 1.807) is 0 Å². The Bertz CT molecular complexity index is 392. The van der Waals surface area contributed by atoms with Gasteiger partial charge < -0.3 is 4.74 Å². The molecule has 1 aliphatic rings. The molecule has 0 saturated heterocycles. The average Bonchev–Trinajstić information content (AvgIpc) is 2.41. The molecule has 18 heavy (non-hydrogen) atoms. The number of hydrogen-bond donors (Lipinski definition) is 0. The molecule has 1 aromatic rings. The van der Waals surface area contributed by atoms with E-state index in [0.717, 1.165) is 21.5 Å². The lowest BCUT2D eigenvalue weighted by Gasteiger charge is -2.29. The molecule has 100 valence electrons. The molecular weight excluding hydrogens is 356 g/mol. The summed E-state index contributed by atoms with van der Waals surface area (Å²) in [4.78, 5) is 0. The van der Waals surface area contributed by atoms with Gasteiger partial charge in [0.15, 0.2) is 0 Å². The van der Waals surface area contributed by atoms with Crippen molar-refractivity contribution in [1.29, 1.82) is 0 Å². The third-order valence-electron chi connectivity index (χ3n) is 3.76. The van der Waals surface area contributed by atoms with Gasteiger partial charge in [0.05, 0.1) is 10.6 Å². The van der Waals surface area contributed by atoms with Crippen LogP contribution in [0.1, 0.15) is 44.6 Å². The first-order chi connectivity index (χ1) is 8.72. The lowest BCUT2D eigenvalue weighted by atomic mass is 9.85. The molecule has 0 aliphatic heterocycles. The first-order valence-corrected chi connectivity index (χ1v) is 8.65. The summed E-state index contributed by atoms with van der Waals surface area (Å²) in [5.74, 6) is 1.84. The highest BCUT2D eigenvalue weighted by Crippen LogP contribution is 2.33. The minimum absolute atomic E-state index is 0.398. The maximum absolute atomic E-state index is 6.16. The van der Waals surface area contributed by atoms with E-state index in [1.165, 1.54) is 37.7 Å². The Kier molecular flexibility index (Phi) is 5.56. The quantitative estimate of drug-likeness (QED) is 0.614. The second-order valence-electron chi connectivity index (χ2n) is 5.08. The van der Waals surface area contributed by atoms with Crippen molar-refractivity contribution in [2.24, 2.45) is 5.92 Å². The molecule has 2 unspecified atom stereocenters. The van der Waals surface area contributed by atoms with Crippen LogP contribution in [-0.4, -0.2) is 6.10 Å². The van der Waals surface area contributed by atoms with E-state index in [1.807, 2.05) is 0 Å². The summed E-state index contributed by atoms with van der Waals surface area (Å²) in [5, 5.41) is 0.882. The van der Waals surface area contributed by atoms with Gasteiger partial charge in [0.25, 0.3) is 0 Å². The van der Waals surface area contributed by atoms with Crippen LogP contribution < -0.4 is 4.74 Å². The van der Waals surface area contributed by atoms with Crippen LogP contribution in [-0.2, 0) is 5.33 Å². The van der Waals surface area contributed by atoms with E-state index in [4.69, 9.17) is 4.74 Å². The van der Waals surface area contributed by atoms with Crippen molar-refractivity contribution in [1.82, 2.24) is 0 Å². The Balaban J connectivity index is 2.00. The second-order valence-corrected chi connectivity index (χ2v) is 6.49. The van der Waals surface area contributed by atoms with Crippen molar-refractivity contribution < 1.29 is 4.74 Å². The fourth-order valence-electron chi connectivity index (χ4n) is 2.62. The van der Waals surface area contributed by atoms with Crippen LogP contribution in [0.25, 0.3) is 0 Å². The summed E-state index contributed by atoms with van der Waals surface area (Å²) >= 11 is 7.07. The summed E-state index contributed by atoms with van der Waals surface area (Å²) in [7, 11) is 0. The number of benzene rings is 1. The molecule has 0 aromatic heterocycles. The van der Waals surface area contributed by atoms with Crippen LogP contribution in [0.4, 0.5) is 0 Å². The van der Waals surface area contributed by atoms with E-state index < -0.39 is 0 Å². The largest absolute Gasteiger partial charge is 0.489 e. The molecule has 2 atom stereocenters. The van der Waals surface area contributed by atoms with Crippen LogP contribution >= 0.6 is 31.9 Å². The van der Waals surface area contributed by atoms with Crippen LogP contribution in [0.3, 0.4) is 0 Å². The minimum atomic E-state index is 0.398. The number of rotatable bonds is 4. The Labute approximate surface area is 127 Å². The van der Waals surface area contributed by atoms with Gasteiger partial charge in [-0.15, -0.1) is 0 Å². The highest BCUT2D eigenvalue weighted by atomic mass is 79.9. The van der Waals surface area contributed by atoms with Crippen LogP contribution in [0.5, 0.6) is 5.75 Å². The average molecular weight is 376 g/mol. The van der Waals surface area contributed by atoms with Crippen LogP contribution in [0.15, 0.2) is 22.7 Å². The Morgan fingerprint density at radius 1 is 1.33 bits per heavy atom. The normalized spacial score (nSPS) is 23.9. The fourth-order valence-corrected chi connectivity index (χ4v) is 3.49. The minimum Gasteiger partial charge on any atom is -0.489 e. The highest BCUT2D eigenvalue weighted by Gasteiger charge is 2.22. The number of halogens is 2. The second kappa shape index (κ2) is 6.95. The van der Waals surface area contributed by atoms with E-state index in [9.17, 15) is 0 Å². The van der Waals surface area contributed by atoms with Gasteiger partial charge in [-0.3, -0.25) is 0 Å². The van der Waals surface area contributed by atoms with Gasteiger partial charge in [-0.1, -0.05) is 41.8 Å². The monoisotopic (exact) mass is 374 g/mol. The summed E-state index contributed by atoms with van der Waals surface area (Å²) < 4.78 is 7.22. The molecule has 0 bridgehead atoms. The van der Waals surface area contributed by atoms with Gasteiger partial charge in [0.1, 0.15) is 5.75 Å². The number of ether oxygens (including phenoxy) is 1. The van der Waals surface area contributed by atoms with Gasteiger partial charge in [-0.05, 0) is 58.8 Å². The predicted molar refractivity (Wildman–Crippen MR) is 83.4 cm³/mol. The molecule has 1 aliphatic carbocycles. The molecule has 0 amide bonds. The molecule has 0 N–H and O–H groups in total. The molecule has 2 rings (SSSR count). The van der Waals surface area contributed by atoms with Crippen molar-refractivity contribution in [2.75, 3.05) is 0 Å². The van der Waals surface area contributed by atoms with Crippen molar-refractivity contribution in [3.05, 3.63) is 28.2 Å². The first-order valence-electron chi connectivity index (χ1n) is 6.74. The van der Waals surface area contributed by atoms with Gasteiger partial charge in [0.2, 0.25) is 0 Å². The van der Waals surface area contributed by atoms with E-state index >= 15 is 0 Å². The lowest BCUT2D eigenvalue weighted by Crippen LogP contribution is -2.25. The standard InChI is InChI=1S/C15H20Br2O/c1-2-11-4-3-5-13(8-11)18-15-7-6-12(10-16)9-14(15)17/h6-7,9,11,13H,2-5,8,10H2,1H3. The van der Waals surface area contributed by atoms with E-state index in [0.29, 0.717) is 6.10 Å². The van der Waals surface area contributed by atoms with E-state index in [2.05, 4.69) is 57.0 Å². The Morgan fingerprint density at radius 2 is 2.17 bits per heavy atom. The zero-order valence-electron chi connectivity index (χ0n) is 10.8. The summed E-state index contributed by atoms with van der Waals surface area (Å²) in [6.45, 7) is 2.29. The summed E-state index contributed by atoms with van der Waals surface area (Å²) in [5.41, 5.74) is 1.27. The molecule has 1 nitrogen and oxygen atoms in total. The third kappa shape index (κ3) is 3.74. The number of hydrogen-bond acceptors (Lipinski definition) is 1. The molecular formula is C15H20Br2O. The highest BCUT2D eigenvalue weighted by molar-refractivity contribution is 9.10. The molecule has 1 fully saturated rings. The summed E-state index contributed by atoms with van der Waals surface area (Å²) in [6, 6.07) is 6.33. The Morgan fingerprint density at radius 3 is 2.83 bits per heavy atom. The molecule has 3 heteroatoms. The molecule has 0 heterocycles. The van der Waals surface area contributed by atoms with Crippen LogP contribution in [0.2, 0.25) is 0 Å². The first kappa shape index (κ1) is 14.4. The SMILES string of the molecule is CCC1CCCC(Oc2ccc(CBr)cc2Br)C1. The predicted octanol–water partition coefficient (Wildman–Crippen LogP) is 5.69. The van der Waals surface area contributed by atoms with Crippen molar-refractivity contribution in [2.45, 2.75) is 50.5 Å². The zero-order chi connectivity index (χ0) is 13.0. The molecule has 1 aromatic carbocycles. The maximum Gasteiger partial charge on any atom is 0.133 e. The topological polar surface area (TPSA) is 9.23 Å². The fraction of sp³-hybridized carbons (Fsp3) is 0.600. The molecule has 0 radical (unpaired) electrons. The zero-order valence-corrected chi connectivity index (χ0v) is 14.0. The number of alkyl halides is 1. The third-order valence-corrected chi connectivity index (χ3v) is 5.02. The maximum atomic E-state index is 6.16. The molecule has 0 spiro atoms. The lowest BCUT2D eigenvalue weighted by molar-refractivity contribution is 0.121. The van der Waals surface area contributed by atoms with Gasteiger partial charge in [-0.2, -0.15) is 0 Å². The van der Waals surface area contributed by atoms with Crippen molar-refractivity contribution in [3.8, 4) is 5.75 Å². The summed E-state index contributed by atoms with van der Waals surface area (Å²) in [6.07, 6.45) is 6.77. The molecule has 1 saturated carbocycles. The van der Waals surface area contributed by atoms with Gasteiger partial charge >= 0.3 is 0 Å². The van der Waals surface area contributed by atoms with E-state index in [-0.39, 0.29) is 0 Å². The van der Waals surface area contributed by atoms with Crippen molar-refractivity contribution in [3.63, 3.8) is 0 Å². The van der Waals surface area contributed by atoms with Crippen LogP contribution in [0, 0.1) is 5.92 Å². The Hall–Kier alpha value is -0.0200. The smallest absolute Gasteiger partial charge is 0.133 e. The van der Waals surface area contributed by atoms with Gasteiger partial charge in [0, 0.05) is 5.33 Å². The van der Waals surface area contributed by atoms with Crippen molar-refractivity contribution >= 4 is 31.9 Å². The van der Waals surface area contributed by atoms with Gasteiger partial charge in [-0.25, -0.2) is 0 Å².